The van der Waals surface area contributed by atoms with Crippen molar-refractivity contribution in [1.82, 2.24) is 15.1 Å². The van der Waals surface area contributed by atoms with E-state index in [0.717, 1.165) is 16.8 Å². The van der Waals surface area contributed by atoms with Crippen LogP contribution < -0.4 is 5.32 Å². The topological polar surface area (TPSA) is 29.9 Å². The van der Waals surface area contributed by atoms with Crippen LogP contribution in [0.1, 0.15) is 31.5 Å². The Kier molecular flexibility index (Phi) is 4.62. The van der Waals surface area contributed by atoms with Gasteiger partial charge in [-0.3, -0.25) is 0 Å². The maximum absolute atomic E-state index is 13.7. The van der Waals surface area contributed by atoms with Crippen LogP contribution in [-0.2, 0) is 6.54 Å². The normalized spacial score (nSPS) is 11.6. The van der Waals surface area contributed by atoms with Crippen LogP contribution in [0.3, 0.4) is 0 Å². The zero-order chi connectivity index (χ0) is 15.6. The van der Waals surface area contributed by atoms with Crippen molar-refractivity contribution in [2.45, 2.75) is 32.9 Å². The second-order valence-corrected chi connectivity index (χ2v) is 4.90. The Morgan fingerprint density at radius 2 is 1.95 bits per heavy atom. The van der Waals surface area contributed by atoms with Gasteiger partial charge in [-0.15, -0.1) is 0 Å². The van der Waals surface area contributed by atoms with Crippen molar-refractivity contribution in [2.75, 3.05) is 0 Å². The van der Waals surface area contributed by atoms with Crippen molar-refractivity contribution in [1.29, 1.82) is 0 Å². The number of alkyl halides is 2. The van der Waals surface area contributed by atoms with Crippen LogP contribution in [0.2, 0.25) is 0 Å². The maximum Gasteiger partial charge on any atom is 0.280 e. The van der Waals surface area contributed by atoms with Gasteiger partial charge in [-0.25, -0.2) is 22.2 Å². The van der Waals surface area contributed by atoms with Crippen LogP contribution in [0, 0.1) is 11.6 Å². The lowest BCUT2D eigenvalue weighted by Gasteiger charge is -2.11. The number of nitrogens with one attached hydrogen (secondary N) is 1. The molecule has 0 atom stereocenters. The van der Waals surface area contributed by atoms with Crippen molar-refractivity contribution in [3.63, 3.8) is 0 Å². The zero-order valence-corrected chi connectivity index (χ0v) is 11.6. The molecule has 0 bridgehead atoms. The average molecular weight is 301 g/mol. The van der Waals surface area contributed by atoms with Crippen LogP contribution >= 0.6 is 0 Å². The summed E-state index contributed by atoms with van der Waals surface area (Å²) in [5.74, 6) is -1.72. The van der Waals surface area contributed by atoms with E-state index in [1.165, 1.54) is 6.20 Å². The molecule has 114 valence electrons. The van der Waals surface area contributed by atoms with Crippen LogP contribution in [0.4, 0.5) is 17.6 Å². The lowest BCUT2D eigenvalue weighted by atomic mass is 10.2. The second-order valence-electron chi connectivity index (χ2n) is 4.90. The predicted molar refractivity (Wildman–Crippen MR) is 70.4 cm³/mol. The van der Waals surface area contributed by atoms with Gasteiger partial charge >= 0.3 is 0 Å². The predicted octanol–water partition coefficient (Wildman–Crippen LogP) is 3.59. The number of hydrogen-bond donors (Lipinski definition) is 1. The van der Waals surface area contributed by atoms with E-state index < -0.39 is 23.8 Å². The van der Waals surface area contributed by atoms with Gasteiger partial charge in [-0.1, -0.05) is 13.8 Å². The van der Waals surface area contributed by atoms with E-state index in [2.05, 4.69) is 10.4 Å². The second kappa shape index (κ2) is 6.26. The lowest BCUT2D eigenvalue weighted by molar-refractivity contribution is 0.141. The van der Waals surface area contributed by atoms with Crippen molar-refractivity contribution >= 4 is 0 Å². The first kappa shape index (κ1) is 15.5. The summed E-state index contributed by atoms with van der Waals surface area (Å²) in [6.45, 7) is 3.96. The standard InChI is InChI=1S/C14H15F4N3/c1-8(2)19-6-9-7-20-21(13(9)14(17)18)12-4-3-10(15)5-11(12)16/h3-5,7-8,14,19H,6H2,1-2H3. The molecule has 0 spiro atoms. The summed E-state index contributed by atoms with van der Waals surface area (Å²) in [6.07, 6.45) is -1.56. The maximum atomic E-state index is 13.7. The third kappa shape index (κ3) is 3.41. The first-order chi connectivity index (χ1) is 9.90. The molecule has 1 N–H and O–H groups in total. The fourth-order valence-corrected chi connectivity index (χ4v) is 1.92. The molecule has 0 aliphatic heterocycles. The van der Waals surface area contributed by atoms with Gasteiger partial charge in [0, 0.05) is 24.2 Å². The summed E-state index contributed by atoms with van der Waals surface area (Å²) < 4.78 is 54.0. The minimum atomic E-state index is -2.82. The summed E-state index contributed by atoms with van der Waals surface area (Å²) in [6, 6.07) is 2.84. The lowest BCUT2D eigenvalue weighted by Crippen LogP contribution is -2.22. The van der Waals surface area contributed by atoms with E-state index in [-0.39, 0.29) is 23.8 Å². The zero-order valence-electron chi connectivity index (χ0n) is 11.6. The molecule has 0 aliphatic carbocycles. The van der Waals surface area contributed by atoms with E-state index in [0.29, 0.717) is 6.07 Å². The molecule has 1 aromatic heterocycles. The molecule has 2 aromatic rings. The Morgan fingerprint density at radius 1 is 1.24 bits per heavy atom. The fourth-order valence-electron chi connectivity index (χ4n) is 1.92. The van der Waals surface area contributed by atoms with Crippen LogP contribution in [0.5, 0.6) is 0 Å². The number of benzene rings is 1. The van der Waals surface area contributed by atoms with Gasteiger partial charge in [0.25, 0.3) is 6.43 Å². The van der Waals surface area contributed by atoms with Crippen LogP contribution in [0.15, 0.2) is 24.4 Å². The van der Waals surface area contributed by atoms with Gasteiger partial charge in [0.2, 0.25) is 0 Å². The molecule has 0 saturated heterocycles. The Bertz CT molecular complexity index is 623. The molecule has 0 fully saturated rings. The number of aromatic nitrogens is 2. The SMILES string of the molecule is CC(C)NCc1cnn(-c2ccc(F)cc2F)c1C(F)F. The molecule has 7 heteroatoms. The highest BCUT2D eigenvalue weighted by molar-refractivity contribution is 5.37. The van der Waals surface area contributed by atoms with Crippen LogP contribution in [-0.4, -0.2) is 15.8 Å². The molecule has 3 nitrogen and oxygen atoms in total. The van der Waals surface area contributed by atoms with E-state index in [1.807, 2.05) is 13.8 Å². The van der Waals surface area contributed by atoms with E-state index in [4.69, 9.17) is 0 Å². The number of rotatable bonds is 5. The van der Waals surface area contributed by atoms with E-state index in [9.17, 15) is 17.6 Å². The highest BCUT2D eigenvalue weighted by atomic mass is 19.3. The summed E-state index contributed by atoms with van der Waals surface area (Å²) in [5.41, 5.74) is -0.321. The molecule has 21 heavy (non-hydrogen) atoms. The summed E-state index contributed by atoms with van der Waals surface area (Å²) in [4.78, 5) is 0. The Morgan fingerprint density at radius 3 is 2.52 bits per heavy atom. The molecular weight excluding hydrogens is 286 g/mol. The van der Waals surface area contributed by atoms with E-state index in [1.54, 1.807) is 0 Å². The highest BCUT2D eigenvalue weighted by Crippen LogP contribution is 2.27. The molecular formula is C14H15F4N3. The Labute approximate surface area is 119 Å². The highest BCUT2D eigenvalue weighted by Gasteiger charge is 2.22. The Balaban J connectivity index is 2.44. The summed E-state index contributed by atoms with van der Waals surface area (Å²) in [5, 5.41) is 6.82. The largest absolute Gasteiger partial charge is 0.310 e. The minimum Gasteiger partial charge on any atom is -0.310 e. The average Bonchev–Trinajstić information content (AvgIpc) is 2.80. The van der Waals surface area contributed by atoms with E-state index >= 15 is 0 Å². The van der Waals surface area contributed by atoms with Gasteiger partial charge in [-0.2, -0.15) is 5.10 Å². The van der Waals surface area contributed by atoms with Gasteiger partial charge in [0.15, 0.2) is 5.82 Å². The summed E-state index contributed by atoms with van der Waals surface area (Å²) in [7, 11) is 0. The van der Waals surface area contributed by atoms with Crippen molar-refractivity contribution in [2.24, 2.45) is 0 Å². The number of nitrogens with zero attached hydrogens (tertiary/aromatic N) is 2. The molecule has 0 aliphatic rings. The molecule has 0 radical (unpaired) electrons. The first-order valence-corrected chi connectivity index (χ1v) is 6.44. The van der Waals surface area contributed by atoms with Gasteiger partial charge in [0.05, 0.1) is 6.20 Å². The number of hydrogen-bond acceptors (Lipinski definition) is 2. The minimum absolute atomic E-state index is 0.112. The van der Waals surface area contributed by atoms with Crippen molar-refractivity contribution in [3.05, 3.63) is 47.3 Å². The van der Waals surface area contributed by atoms with Crippen LogP contribution in [0.25, 0.3) is 5.69 Å². The van der Waals surface area contributed by atoms with Crippen molar-refractivity contribution in [3.8, 4) is 5.69 Å². The fraction of sp³-hybridized carbons (Fsp3) is 0.357. The van der Waals surface area contributed by atoms with Crippen molar-refractivity contribution < 1.29 is 17.6 Å². The smallest absolute Gasteiger partial charge is 0.280 e. The van der Waals surface area contributed by atoms with Gasteiger partial charge < -0.3 is 5.32 Å². The third-order valence-corrected chi connectivity index (χ3v) is 2.93. The first-order valence-electron chi connectivity index (χ1n) is 6.44. The molecule has 0 saturated carbocycles. The molecule has 1 heterocycles. The Hall–Kier alpha value is -1.89. The molecule has 2 rings (SSSR count). The molecule has 0 amide bonds. The molecule has 1 aromatic carbocycles. The quantitative estimate of drug-likeness (QED) is 0.855. The van der Waals surface area contributed by atoms with Gasteiger partial charge in [-0.05, 0) is 12.1 Å². The third-order valence-electron chi connectivity index (χ3n) is 2.93. The monoisotopic (exact) mass is 301 g/mol. The molecule has 0 unspecified atom stereocenters. The summed E-state index contributed by atoms with van der Waals surface area (Å²) >= 11 is 0. The van der Waals surface area contributed by atoms with Gasteiger partial charge in [0.1, 0.15) is 17.2 Å². The number of halogens is 4.